The van der Waals surface area contributed by atoms with E-state index in [4.69, 9.17) is 23.2 Å². The molecule has 2 rings (SSSR count). The first-order valence-electron chi connectivity index (χ1n) is 7.51. The summed E-state index contributed by atoms with van der Waals surface area (Å²) in [5, 5.41) is 3.81. The molecular formula is C18H18Cl2N2O2. The second-order valence-electron chi connectivity index (χ2n) is 5.34. The number of rotatable bonds is 5. The van der Waals surface area contributed by atoms with Crippen molar-refractivity contribution >= 4 is 40.7 Å². The maximum Gasteiger partial charge on any atom is 0.254 e. The fourth-order valence-corrected chi connectivity index (χ4v) is 2.59. The molecule has 2 amide bonds. The second-order valence-corrected chi connectivity index (χ2v) is 6.21. The predicted molar refractivity (Wildman–Crippen MR) is 97.8 cm³/mol. The van der Waals surface area contributed by atoms with Crippen LogP contribution in [0.25, 0.3) is 0 Å². The number of hydrogen-bond acceptors (Lipinski definition) is 2. The number of hydrogen-bond donors (Lipinski definition) is 1. The molecule has 1 N–H and O–H groups in total. The van der Waals surface area contributed by atoms with E-state index in [9.17, 15) is 9.59 Å². The summed E-state index contributed by atoms with van der Waals surface area (Å²) in [7, 11) is 0. The molecule has 2 aromatic carbocycles. The largest absolute Gasteiger partial charge is 0.330 e. The Morgan fingerprint density at radius 3 is 2.46 bits per heavy atom. The third-order valence-corrected chi connectivity index (χ3v) is 4.02. The van der Waals surface area contributed by atoms with E-state index in [0.717, 1.165) is 5.56 Å². The van der Waals surface area contributed by atoms with E-state index in [0.29, 0.717) is 27.8 Å². The summed E-state index contributed by atoms with van der Waals surface area (Å²) in [5.41, 5.74) is 1.99. The van der Waals surface area contributed by atoms with Gasteiger partial charge < -0.3 is 10.2 Å². The van der Waals surface area contributed by atoms with Crippen LogP contribution >= 0.6 is 23.2 Å². The van der Waals surface area contributed by atoms with Gasteiger partial charge in [0.2, 0.25) is 5.91 Å². The minimum atomic E-state index is -0.280. The van der Waals surface area contributed by atoms with Crippen LogP contribution in [0.15, 0.2) is 42.5 Å². The van der Waals surface area contributed by atoms with E-state index in [1.165, 1.54) is 4.90 Å². The third kappa shape index (κ3) is 4.73. The van der Waals surface area contributed by atoms with Crippen molar-refractivity contribution in [2.45, 2.75) is 13.8 Å². The Bertz CT molecular complexity index is 762. The average Bonchev–Trinajstić information content (AvgIpc) is 2.55. The molecule has 0 aliphatic rings. The van der Waals surface area contributed by atoms with Gasteiger partial charge in [0.25, 0.3) is 5.91 Å². The van der Waals surface area contributed by atoms with Crippen molar-refractivity contribution < 1.29 is 9.59 Å². The highest BCUT2D eigenvalue weighted by molar-refractivity contribution is 6.31. The lowest BCUT2D eigenvalue weighted by Crippen LogP contribution is -2.37. The Morgan fingerprint density at radius 2 is 1.79 bits per heavy atom. The zero-order chi connectivity index (χ0) is 17.7. The van der Waals surface area contributed by atoms with Gasteiger partial charge in [-0.25, -0.2) is 0 Å². The van der Waals surface area contributed by atoms with Gasteiger partial charge in [0, 0.05) is 27.8 Å². The van der Waals surface area contributed by atoms with Crippen LogP contribution in [-0.2, 0) is 4.79 Å². The normalized spacial score (nSPS) is 10.3. The molecule has 0 atom stereocenters. The third-order valence-electron chi connectivity index (χ3n) is 3.55. The summed E-state index contributed by atoms with van der Waals surface area (Å²) in [5.74, 6) is -0.518. The first-order chi connectivity index (χ1) is 11.4. The predicted octanol–water partition coefficient (Wildman–Crippen LogP) is 4.40. The van der Waals surface area contributed by atoms with E-state index in [1.54, 1.807) is 36.4 Å². The number of aryl methyl sites for hydroxylation is 1. The molecule has 0 spiro atoms. The number of anilines is 1. The van der Waals surface area contributed by atoms with Gasteiger partial charge in [-0.3, -0.25) is 9.59 Å². The maximum atomic E-state index is 12.5. The van der Waals surface area contributed by atoms with Crippen molar-refractivity contribution in [3.05, 3.63) is 63.6 Å². The zero-order valence-electron chi connectivity index (χ0n) is 13.5. The van der Waals surface area contributed by atoms with E-state index in [-0.39, 0.29) is 18.4 Å². The molecule has 24 heavy (non-hydrogen) atoms. The molecule has 0 radical (unpaired) electrons. The SMILES string of the molecule is CCN(CC(=O)Nc1cc(Cl)ccc1C)C(=O)c1cccc(Cl)c1. The minimum Gasteiger partial charge on any atom is -0.330 e. The van der Waals surface area contributed by atoms with Crippen LogP contribution in [-0.4, -0.2) is 29.8 Å². The summed E-state index contributed by atoms with van der Waals surface area (Å²) < 4.78 is 0. The monoisotopic (exact) mass is 364 g/mol. The fraction of sp³-hybridized carbons (Fsp3) is 0.222. The van der Waals surface area contributed by atoms with E-state index >= 15 is 0 Å². The molecule has 0 bridgehead atoms. The number of halogens is 2. The lowest BCUT2D eigenvalue weighted by molar-refractivity contribution is -0.116. The number of benzene rings is 2. The van der Waals surface area contributed by atoms with Crippen molar-refractivity contribution in [1.82, 2.24) is 4.90 Å². The topological polar surface area (TPSA) is 49.4 Å². The van der Waals surface area contributed by atoms with Gasteiger partial charge >= 0.3 is 0 Å². The van der Waals surface area contributed by atoms with Crippen molar-refractivity contribution in [3.63, 3.8) is 0 Å². The smallest absolute Gasteiger partial charge is 0.254 e. The number of likely N-dealkylation sites (N-methyl/N-ethyl adjacent to an activating group) is 1. The van der Waals surface area contributed by atoms with Gasteiger partial charge in [0.05, 0.1) is 0 Å². The van der Waals surface area contributed by atoms with Crippen molar-refractivity contribution in [3.8, 4) is 0 Å². The van der Waals surface area contributed by atoms with Crippen molar-refractivity contribution in [1.29, 1.82) is 0 Å². The van der Waals surface area contributed by atoms with Gasteiger partial charge in [0.15, 0.2) is 0 Å². The van der Waals surface area contributed by atoms with Crippen molar-refractivity contribution in [2.24, 2.45) is 0 Å². The van der Waals surface area contributed by atoms with Crippen LogP contribution in [0.3, 0.4) is 0 Å². The number of carbonyl (C=O) groups is 2. The highest BCUT2D eigenvalue weighted by Gasteiger charge is 2.18. The molecule has 2 aromatic rings. The fourth-order valence-electron chi connectivity index (χ4n) is 2.22. The first kappa shape index (κ1) is 18.3. The molecule has 0 aliphatic carbocycles. The molecule has 6 heteroatoms. The summed E-state index contributed by atoms with van der Waals surface area (Å²) in [6.45, 7) is 4.06. The lowest BCUT2D eigenvalue weighted by Gasteiger charge is -2.21. The first-order valence-corrected chi connectivity index (χ1v) is 8.27. The molecule has 4 nitrogen and oxygen atoms in total. The molecular weight excluding hydrogens is 347 g/mol. The minimum absolute atomic E-state index is 0.0478. The Hall–Kier alpha value is -2.04. The molecule has 126 valence electrons. The van der Waals surface area contributed by atoms with E-state index in [2.05, 4.69) is 5.32 Å². The summed E-state index contributed by atoms with van der Waals surface area (Å²) in [4.78, 5) is 26.2. The molecule has 0 unspecified atom stereocenters. The van der Waals surface area contributed by atoms with Crippen LogP contribution in [0.4, 0.5) is 5.69 Å². The number of amides is 2. The molecule has 0 saturated carbocycles. The summed E-state index contributed by atoms with van der Waals surface area (Å²) in [6.07, 6.45) is 0. The quantitative estimate of drug-likeness (QED) is 0.854. The average molecular weight is 365 g/mol. The highest BCUT2D eigenvalue weighted by Crippen LogP contribution is 2.20. The van der Waals surface area contributed by atoms with Crippen LogP contribution in [0.5, 0.6) is 0 Å². The standard InChI is InChI=1S/C18H18Cl2N2O2/c1-3-22(18(24)13-5-4-6-14(19)9-13)11-17(23)21-16-10-15(20)8-7-12(16)2/h4-10H,3,11H2,1-2H3,(H,21,23). The molecule has 0 aromatic heterocycles. The molecule has 0 saturated heterocycles. The van der Waals surface area contributed by atoms with Gasteiger partial charge in [0.1, 0.15) is 6.54 Å². The Labute approximate surface area is 151 Å². The molecule has 0 heterocycles. The molecule has 0 fully saturated rings. The van der Waals surface area contributed by atoms with E-state index in [1.807, 2.05) is 19.9 Å². The number of nitrogens with one attached hydrogen (secondary N) is 1. The summed E-state index contributed by atoms with van der Waals surface area (Å²) in [6, 6.07) is 11.9. The Balaban J connectivity index is 2.08. The van der Waals surface area contributed by atoms with Crippen molar-refractivity contribution in [2.75, 3.05) is 18.4 Å². The van der Waals surface area contributed by atoms with Crippen LogP contribution < -0.4 is 5.32 Å². The lowest BCUT2D eigenvalue weighted by atomic mass is 10.2. The van der Waals surface area contributed by atoms with Gasteiger partial charge in [-0.2, -0.15) is 0 Å². The Kier molecular flexibility index (Phi) is 6.23. The second kappa shape index (κ2) is 8.18. The highest BCUT2D eigenvalue weighted by atomic mass is 35.5. The number of nitrogens with zero attached hydrogens (tertiary/aromatic N) is 1. The van der Waals surface area contributed by atoms with Gasteiger partial charge in [-0.05, 0) is 49.7 Å². The maximum absolute atomic E-state index is 12.5. The van der Waals surface area contributed by atoms with Crippen LogP contribution in [0.2, 0.25) is 10.0 Å². The Morgan fingerprint density at radius 1 is 1.08 bits per heavy atom. The van der Waals surface area contributed by atoms with E-state index < -0.39 is 0 Å². The molecule has 0 aliphatic heterocycles. The summed E-state index contributed by atoms with van der Waals surface area (Å²) >= 11 is 11.9. The van der Waals surface area contributed by atoms with Crippen LogP contribution in [0.1, 0.15) is 22.8 Å². The number of carbonyl (C=O) groups excluding carboxylic acids is 2. The zero-order valence-corrected chi connectivity index (χ0v) is 15.0. The van der Waals surface area contributed by atoms with Gasteiger partial charge in [-0.15, -0.1) is 0 Å². The van der Waals surface area contributed by atoms with Gasteiger partial charge in [-0.1, -0.05) is 35.3 Å². The van der Waals surface area contributed by atoms with Crippen LogP contribution in [0, 0.1) is 6.92 Å².